The van der Waals surface area contributed by atoms with E-state index in [-0.39, 0.29) is 11.8 Å². The number of nitrogens with zero attached hydrogens (tertiary/aromatic N) is 2. The number of methoxy groups -OCH3 is 1. The predicted molar refractivity (Wildman–Crippen MR) is 116 cm³/mol. The highest BCUT2D eigenvalue weighted by atomic mass is 35.5. The van der Waals surface area contributed by atoms with Crippen LogP contribution in [0.15, 0.2) is 54.7 Å². The second-order valence-electron chi connectivity index (χ2n) is 7.01. The first-order chi connectivity index (χ1) is 14.4. The number of rotatable bonds is 6. The van der Waals surface area contributed by atoms with E-state index < -0.39 is 0 Å². The Labute approximate surface area is 180 Å². The lowest BCUT2D eigenvalue weighted by atomic mass is 9.97. The lowest BCUT2D eigenvalue weighted by Gasteiger charge is -2.14. The van der Waals surface area contributed by atoms with Gasteiger partial charge in [0.05, 0.1) is 24.9 Å². The van der Waals surface area contributed by atoms with Crippen LogP contribution >= 0.6 is 11.6 Å². The van der Waals surface area contributed by atoms with Gasteiger partial charge in [0.2, 0.25) is 0 Å². The summed E-state index contributed by atoms with van der Waals surface area (Å²) in [7, 11) is 4.86. The van der Waals surface area contributed by atoms with Crippen LogP contribution in [0.5, 0.6) is 5.75 Å². The average Bonchev–Trinajstić information content (AvgIpc) is 2.74. The molecule has 0 unspecified atom stereocenters. The van der Waals surface area contributed by atoms with Gasteiger partial charge in [0.15, 0.2) is 0 Å². The Hall–Kier alpha value is -3.12. The Morgan fingerprint density at radius 3 is 2.63 bits per heavy atom. The van der Waals surface area contributed by atoms with Gasteiger partial charge in [-0.2, -0.15) is 0 Å². The van der Waals surface area contributed by atoms with Crippen LogP contribution in [0.2, 0.25) is 5.02 Å². The van der Waals surface area contributed by atoms with E-state index >= 15 is 4.39 Å². The molecule has 2 amide bonds. The second kappa shape index (κ2) is 9.59. The summed E-state index contributed by atoms with van der Waals surface area (Å²) in [6.07, 6.45) is 2.07. The maximum Gasteiger partial charge on any atom is 0.317 e. The molecule has 5 nitrogen and oxygen atoms in total. The fourth-order valence-corrected chi connectivity index (χ4v) is 3.22. The molecule has 0 aliphatic carbocycles. The summed E-state index contributed by atoms with van der Waals surface area (Å²) in [6, 6.07) is 14.0. The average molecular weight is 428 g/mol. The van der Waals surface area contributed by atoms with Gasteiger partial charge >= 0.3 is 6.03 Å². The lowest BCUT2D eigenvalue weighted by Crippen LogP contribution is -2.34. The smallest absolute Gasteiger partial charge is 0.317 e. The highest BCUT2D eigenvalue weighted by Gasteiger charge is 2.17. The van der Waals surface area contributed by atoms with E-state index in [1.807, 2.05) is 12.1 Å². The van der Waals surface area contributed by atoms with E-state index in [4.69, 9.17) is 16.3 Å². The zero-order valence-corrected chi connectivity index (χ0v) is 17.8. The molecular formula is C23H23ClFN3O2. The summed E-state index contributed by atoms with van der Waals surface area (Å²) in [5.41, 5.74) is 3.15. The first-order valence-corrected chi connectivity index (χ1v) is 9.77. The van der Waals surface area contributed by atoms with Crippen LogP contribution in [0, 0.1) is 5.82 Å². The molecule has 0 saturated carbocycles. The molecule has 0 radical (unpaired) electrons. The normalized spacial score (nSPS) is 10.6. The van der Waals surface area contributed by atoms with Crippen LogP contribution in [0.1, 0.15) is 16.8 Å². The topological polar surface area (TPSA) is 54.5 Å². The minimum atomic E-state index is -0.348. The Morgan fingerprint density at radius 1 is 1.20 bits per heavy atom. The highest BCUT2D eigenvalue weighted by molar-refractivity contribution is 6.30. The second-order valence-corrected chi connectivity index (χ2v) is 7.45. The van der Waals surface area contributed by atoms with Crippen LogP contribution in [0.4, 0.5) is 9.18 Å². The molecule has 1 N–H and O–H groups in total. The lowest BCUT2D eigenvalue weighted by molar-refractivity contribution is 0.217. The van der Waals surface area contributed by atoms with E-state index in [1.54, 1.807) is 56.7 Å². The van der Waals surface area contributed by atoms with Crippen molar-refractivity contribution in [1.82, 2.24) is 15.2 Å². The highest BCUT2D eigenvalue weighted by Crippen LogP contribution is 2.36. The number of halogens is 2. The molecule has 0 aliphatic heterocycles. The monoisotopic (exact) mass is 427 g/mol. The quantitative estimate of drug-likeness (QED) is 0.608. The van der Waals surface area contributed by atoms with Crippen LogP contribution < -0.4 is 10.1 Å². The summed E-state index contributed by atoms with van der Waals surface area (Å²) in [6.45, 7) is 0.326. The van der Waals surface area contributed by atoms with Crippen molar-refractivity contribution in [2.45, 2.75) is 13.0 Å². The van der Waals surface area contributed by atoms with Crippen LogP contribution in [0.3, 0.4) is 0 Å². The number of benzene rings is 2. The molecule has 0 saturated heterocycles. The molecule has 1 aromatic heterocycles. The van der Waals surface area contributed by atoms with Gasteiger partial charge in [0, 0.05) is 31.7 Å². The zero-order valence-electron chi connectivity index (χ0n) is 17.1. The third kappa shape index (κ3) is 5.07. The van der Waals surface area contributed by atoms with Crippen LogP contribution in [-0.4, -0.2) is 37.1 Å². The molecule has 156 valence electrons. The van der Waals surface area contributed by atoms with Crippen molar-refractivity contribution in [2.24, 2.45) is 0 Å². The van der Waals surface area contributed by atoms with Crippen molar-refractivity contribution in [3.05, 3.63) is 82.4 Å². The van der Waals surface area contributed by atoms with Crippen molar-refractivity contribution < 1.29 is 13.9 Å². The fourth-order valence-electron chi connectivity index (χ4n) is 3.03. The Balaban J connectivity index is 1.82. The van der Waals surface area contributed by atoms with Gasteiger partial charge in [-0.25, -0.2) is 9.18 Å². The number of hydrogen-bond acceptors (Lipinski definition) is 3. The Morgan fingerprint density at radius 2 is 2.00 bits per heavy atom. The van der Waals surface area contributed by atoms with E-state index in [0.29, 0.717) is 40.4 Å². The number of amides is 2. The molecule has 7 heteroatoms. The van der Waals surface area contributed by atoms with E-state index in [1.165, 1.54) is 12.0 Å². The third-order valence-corrected chi connectivity index (χ3v) is 4.86. The maximum absolute atomic E-state index is 15.4. The van der Waals surface area contributed by atoms with Gasteiger partial charge < -0.3 is 15.0 Å². The first-order valence-electron chi connectivity index (χ1n) is 9.39. The molecule has 0 aliphatic rings. The molecule has 1 heterocycles. The molecule has 30 heavy (non-hydrogen) atoms. The predicted octanol–water partition coefficient (Wildman–Crippen LogP) is 4.91. The minimum Gasteiger partial charge on any atom is -0.496 e. The Bertz CT molecular complexity index is 1040. The van der Waals surface area contributed by atoms with Crippen LogP contribution in [0.25, 0.3) is 11.1 Å². The molecule has 0 fully saturated rings. The number of carbonyl (C=O) groups excluding carboxylic acids is 1. The SMILES string of the molecule is COc1ccc(Cc2ccc(CNC(=O)N(C)C)nc2)c(F)c1-c1cccc(Cl)c1. The summed E-state index contributed by atoms with van der Waals surface area (Å²) in [4.78, 5) is 17.4. The molecule has 0 bridgehead atoms. The molecule has 0 atom stereocenters. The number of nitrogens with one attached hydrogen (secondary N) is 1. The number of aromatic nitrogens is 1. The number of pyridine rings is 1. The van der Waals surface area contributed by atoms with Gasteiger partial charge in [0.1, 0.15) is 11.6 Å². The van der Waals surface area contributed by atoms with Gasteiger partial charge in [-0.1, -0.05) is 35.9 Å². The van der Waals surface area contributed by atoms with Crippen molar-refractivity contribution in [2.75, 3.05) is 21.2 Å². The number of carbonyl (C=O) groups is 1. The first kappa shape index (κ1) is 21.6. The van der Waals surface area contributed by atoms with Gasteiger partial charge in [-0.05, 0) is 41.0 Å². The van der Waals surface area contributed by atoms with E-state index in [0.717, 1.165) is 11.3 Å². The summed E-state index contributed by atoms with van der Waals surface area (Å²) in [5.74, 6) is 0.0996. The summed E-state index contributed by atoms with van der Waals surface area (Å²) >= 11 is 6.09. The van der Waals surface area contributed by atoms with Crippen molar-refractivity contribution in [1.29, 1.82) is 0 Å². The standard InChI is InChI=1S/C23H23ClFN3O2/c1-28(2)23(29)27-14-19-9-7-15(13-26-19)11-17-8-10-20(30-3)21(22(17)25)16-5-4-6-18(24)12-16/h4-10,12-13H,11,14H2,1-3H3,(H,27,29). The van der Waals surface area contributed by atoms with Gasteiger partial charge in [-0.3, -0.25) is 4.98 Å². The molecular weight excluding hydrogens is 405 g/mol. The van der Waals surface area contributed by atoms with Gasteiger partial charge in [-0.15, -0.1) is 0 Å². The third-order valence-electron chi connectivity index (χ3n) is 4.62. The number of urea groups is 1. The van der Waals surface area contributed by atoms with E-state index in [9.17, 15) is 4.79 Å². The molecule has 3 aromatic rings. The largest absolute Gasteiger partial charge is 0.496 e. The molecule has 2 aromatic carbocycles. The Kier molecular flexibility index (Phi) is 6.90. The fraction of sp³-hybridized carbons (Fsp3) is 0.217. The summed E-state index contributed by atoms with van der Waals surface area (Å²) in [5, 5.41) is 3.29. The number of ether oxygens (including phenoxy) is 1. The number of hydrogen-bond donors (Lipinski definition) is 1. The van der Waals surface area contributed by atoms with E-state index in [2.05, 4.69) is 10.3 Å². The molecule has 0 spiro atoms. The molecule has 3 rings (SSSR count). The minimum absolute atomic E-state index is 0.185. The van der Waals surface area contributed by atoms with Crippen molar-refractivity contribution in [3.63, 3.8) is 0 Å². The van der Waals surface area contributed by atoms with Crippen molar-refractivity contribution in [3.8, 4) is 16.9 Å². The van der Waals surface area contributed by atoms with Gasteiger partial charge in [0.25, 0.3) is 0 Å². The maximum atomic E-state index is 15.4. The van der Waals surface area contributed by atoms with Crippen LogP contribution in [-0.2, 0) is 13.0 Å². The summed E-state index contributed by atoms with van der Waals surface area (Å²) < 4.78 is 20.8. The zero-order chi connectivity index (χ0) is 21.7. The van der Waals surface area contributed by atoms with Crippen molar-refractivity contribution >= 4 is 17.6 Å².